The van der Waals surface area contributed by atoms with E-state index in [2.05, 4.69) is 36.1 Å². The van der Waals surface area contributed by atoms with E-state index >= 15 is 0 Å². The van der Waals surface area contributed by atoms with Crippen LogP contribution in [0.2, 0.25) is 0 Å². The molecule has 1 aliphatic heterocycles. The van der Waals surface area contributed by atoms with E-state index in [0.29, 0.717) is 0 Å². The minimum absolute atomic E-state index is 0.862. The molecule has 0 aromatic heterocycles. The quantitative estimate of drug-likeness (QED) is 0.250. The van der Waals surface area contributed by atoms with Crippen LogP contribution in [0.25, 0.3) is 0 Å². The van der Waals surface area contributed by atoms with Gasteiger partial charge >= 0.3 is 0 Å². The molecule has 0 saturated carbocycles. The second-order valence-electron chi connectivity index (χ2n) is 8.63. The van der Waals surface area contributed by atoms with Crippen molar-refractivity contribution in [1.82, 2.24) is 0 Å². The van der Waals surface area contributed by atoms with E-state index in [1.54, 1.807) is 0 Å². The Bertz CT molecular complexity index is 464. The first-order valence-electron chi connectivity index (χ1n) is 12.4. The lowest BCUT2D eigenvalue weighted by molar-refractivity contribution is 0.304. The minimum atomic E-state index is 0.862. The summed E-state index contributed by atoms with van der Waals surface area (Å²) in [6, 6.07) is 8.70. The summed E-state index contributed by atoms with van der Waals surface area (Å²) in [5.74, 6) is 1.03. The number of unbranched alkanes of at least 4 members (excludes halogenated alkanes) is 13. The summed E-state index contributed by atoms with van der Waals surface area (Å²) in [6.07, 6.45) is 22.3. The van der Waals surface area contributed by atoms with Crippen molar-refractivity contribution in [3.63, 3.8) is 0 Å². The number of nitrogens with zero attached hydrogens (tertiary/aromatic N) is 1. The maximum atomic E-state index is 5.91. The van der Waals surface area contributed by atoms with Gasteiger partial charge in [0.25, 0.3) is 0 Å². The molecule has 0 amide bonds. The third-order valence-electron chi connectivity index (χ3n) is 6.07. The predicted molar refractivity (Wildman–Crippen MR) is 124 cm³/mol. The van der Waals surface area contributed by atoms with Gasteiger partial charge in [0.15, 0.2) is 0 Å². The second kappa shape index (κ2) is 15.7. The van der Waals surface area contributed by atoms with Gasteiger partial charge in [0.05, 0.1) is 6.61 Å². The molecule has 2 rings (SSSR count). The van der Waals surface area contributed by atoms with Gasteiger partial charge in [0, 0.05) is 18.8 Å². The highest BCUT2D eigenvalue weighted by molar-refractivity contribution is 5.49. The predicted octanol–water partition coefficient (Wildman–Crippen LogP) is 8.15. The molecule has 0 bridgehead atoms. The Labute approximate surface area is 175 Å². The first-order valence-corrected chi connectivity index (χ1v) is 12.4. The Morgan fingerprint density at radius 1 is 0.643 bits per heavy atom. The van der Waals surface area contributed by atoms with Gasteiger partial charge in [-0.3, -0.25) is 0 Å². The first kappa shape index (κ1) is 23.1. The van der Waals surface area contributed by atoms with Crippen molar-refractivity contribution in [2.45, 2.75) is 110 Å². The maximum absolute atomic E-state index is 5.91. The largest absolute Gasteiger partial charge is 0.494 e. The monoisotopic (exact) mass is 387 g/mol. The van der Waals surface area contributed by atoms with Crippen LogP contribution in [0, 0.1) is 0 Å². The van der Waals surface area contributed by atoms with Gasteiger partial charge in [-0.05, 0) is 43.5 Å². The third kappa shape index (κ3) is 10.4. The van der Waals surface area contributed by atoms with Crippen LogP contribution in [0.3, 0.4) is 0 Å². The lowest BCUT2D eigenvalue weighted by Gasteiger charge is -2.17. The molecule has 1 saturated heterocycles. The molecule has 2 nitrogen and oxygen atoms in total. The molecule has 1 aromatic carbocycles. The summed E-state index contributed by atoms with van der Waals surface area (Å²) < 4.78 is 5.91. The van der Waals surface area contributed by atoms with Gasteiger partial charge in [-0.25, -0.2) is 0 Å². The van der Waals surface area contributed by atoms with Crippen LogP contribution in [0.4, 0.5) is 5.69 Å². The zero-order valence-electron chi connectivity index (χ0n) is 18.6. The molecule has 1 aromatic rings. The van der Waals surface area contributed by atoms with Gasteiger partial charge in [-0.2, -0.15) is 0 Å². The molecule has 0 unspecified atom stereocenters. The van der Waals surface area contributed by atoms with E-state index in [9.17, 15) is 0 Å². The summed E-state index contributed by atoms with van der Waals surface area (Å²) in [6.45, 7) is 5.57. The van der Waals surface area contributed by atoms with Gasteiger partial charge in [-0.15, -0.1) is 0 Å². The number of benzene rings is 1. The van der Waals surface area contributed by atoms with Gasteiger partial charge in [-0.1, -0.05) is 90.4 Å². The van der Waals surface area contributed by atoms with Crippen LogP contribution in [0.15, 0.2) is 24.3 Å². The molecule has 0 N–H and O–H groups in total. The fourth-order valence-electron chi connectivity index (χ4n) is 4.22. The molecule has 1 fully saturated rings. The minimum Gasteiger partial charge on any atom is -0.494 e. The van der Waals surface area contributed by atoms with Crippen molar-refractivity contribution < 1.29 is 4.74 Å². The fraction of sp³-hybridized carbons (Fsp3) is 0.769. The van der Waals surface area contributed by atoms with E-state index in [1.807, 2.05) is 0 Å². The average Bonchev–Trinajstić information content (AvgIpc) is 3.26. The molecular formula is C26H45NO. The third-order valence-corrected chi connectivity index (χ3v) is 6.07. The zero-order chi connectivity index (χ0) is 19.7. The second-order valence-corrected chi connectivity index (χ2v) is 8.63. The lowest BCUT2D eigenvalue weighted by atomic mass is 10.0. The van der Waals surface area contributed by atoms with Crippen LogP contribution >= 0.6 is 0 Å². The average molecular weight is 388 g/mol. The van der Waals surface area contributed by atoms with Crippen molar-refractivity contribution >= 4 is 5.69 Å². The Balaban J connectivity index is 1.34. The number of ether oxygens (including phenoxy) is 1. The summed E-state index contributed by atoms with van der Waals surface area (Å²) in [5.41, 5.74) is 1.35. The molecular weight excluding hydrogens is 342 g/mol. The zero-order valence-corrected chi connectivity index (χ0v) is 18.6. The highest BCUT2D eigenvalue weighted by Gasteiger charge is 2.11. The van der Waals surface area contributed by atoms with Crippen molar-refractivity contribution in [2.75, 3.05) is 24.6 Å². The first-order chi connectivity index (χ1) is 13.9. The number of hydrogen-bond acceptors (Lipinski definition) is 2. The van der Waals surface area contributed by atoms with Crippen LogP contribution in [-0.4, -0.2) is 19.7 Å². The summed E-state index contributed by atoms with van der Waals surface area (Å²) >= 11 is 0. The molecule has 28 heavy (non-hydrogen) atoms. The molecule has 1 heterocycles. The Morgan fingerprint density at radius 2 is 1.11 bits per heavy atom. The molecule has 0 atom stereocenters. The standard InChI is InChI=1S/C26H45NO/c1-2-3-4-5-6-7-8-9-10-11-12-13-14-17-24-28-26-20-18-25(19-21-26)27-22-15-16-23-27/h18-21H,2-17,22-24H2,1H3. The van der Waals surface area contributed by atoms with Crippen LogP contribution in [-0.2, 0) is 0 Å². The van der Waals surface area contributed by atoms with E-state index in [-0.39, 0.29) is 0 Å². The highest BCUT2D eigenvalue weighted by Crippen LogP contribution is 2.23. The van der Waals surface area contributed by atoms with Crippen molar-refractivity contribution in [3.8, 4) is 5.75 Å². The molecule has 1 aliphatic rings. The van der Waals surface area contributed by atoms with Gasteiger partial charge in [0.2, 0.25) is 0 Å². The Kier molecular flexibility index (Phi) is 13.0. The van der Waals surface area contributed by atoms with E-state index < -0.39 is 0 Å². The van der Waals surface area contributed by atoms with Crippen molar-refractivity contribution in [3.05, 3.63) is 24.3 Å². The summed E-state index contributed by atoms with van der Waals surface area (Å²) in [7, 11) is 0. The normalized spacial score (nSPS) is 14.0. The van der Waals surface area contributed by atoms with E-state index in [0.717, 1.165) is 12.4 Å². The van der Waals surface area contributed by atoms with E-state index in [4.69, 9.17) is 4.74 Å². The summed E-state index contributed by atoms with van der Waals surface area (Å²) in [4.78, 5) is 2.47. The van der Waals surface area contributed by atoms with Crippen LogP contribution in [0.5, 0.6) is 5.75 Å². The van der Waals surface area contributed by atoms with Gasteiger partial charge in [0.1, 0.15) is 5.75 Å². The highest BCUT2D eigenvalue weighted by atomic mass is 16.5. The Morgan fingerprint density at radius 3 is 1.61 bits per heavy atom. The molecule has 0 aliphatic carbocycles. The van der Waals surface area contributed by atoms with Crippen molar-refractivity contribution in [1.29, 1.82) is 0 Å². The smallest absolute Gasteiger partial charge is 0.119 e. The molecule has 0 radical (unpaired) electrons. The molecule has 2 heteroatoms. The van der Waals surface area contributed by atoms with Crippen LogP contribution < -0.4 is 9.64 Å². The van der Waals surface area contributed by atoms with Crippen molar-refractivity contribution in [2.24, 2.45) is 0 Å². The van der Waals surface area contributed by atoms with Gasteiger partial charge < -0.3 is 9.64 Å². The molecule has 160 valence electrons. The topological polar surface area (TPSA) is 12.5 Å². The summed E-state index contributed by atoms with van der Waals surface area (Å²) in [5, 5.41) is 0. The number of hydrogen-bond donors (Lipinski definition) is 0. The SMILES string of the molecule is CCCCCCCCCCCCCCCCOc1ccc(N2CCCC2)cc1. The fourth-order valence-corrected chi connectivity index (χ4v) is 4.22. The van der Waals surface area contributed by atoms with E-state index in [1.165, 1.54) is 122 Å². The molecule has 0 spiro atoms. The Hall–Kier alpha value is -1.18. The number of anilines is 1. The maximum Gasteiger partial charge on any atom is 0.119 e. The lowest BCUT2D eigenvalue weighted by Crippen LogP contribution is -2.17. The number of rotatable bonds is 17. The van der Waals surface area contributed by atoms with Crippen LogP contribution in [0.1, 0.15) is 110 Å².